The van der Waals surface area contributed by atoms with E-state index in [2.05, 4.69) is 4.90 Å². The number of nitrogens with two attached hydrogens (primary N) is 1. The maximum Gasteiger partial charge on any atom is 0.125 e. The van der Waals surface area contributed by atoms with Gasteiger partial charge < -0.3 is 5.73 Å². The molecule has 0 bridgehead atoms. The van der Waals surface area contributed by atoms with E-state index in [1.807, 2.05) is 24.3 Å². The summed E-state index contributed by atoms with van der Waals surface area (Å²) in [5, 5.41) is 0. The molecule has 1 saturated heterocycles. The summed E-state index contributed by atoms with van der Waals surface area (Å²) in [5.74, 6) is 0. The van der Waals surface area contributed by atoms with Crippen molar-refractivity contribution in [2.75, 3.05) is 18.8 Å². The Morgan fingerprint density at radius 2 is 1.92 bits per heavy atom. The lowest BCUT2D eigenvalue weighted by atomic mass is 10.1. The maximum atomic E-state index is 12.5. The van der Waals surface area contributed by atoms with Crippen LogP contribution >= 0.6 is 0 Å². The molecule has 0 aromatic heterocycles. The van der Waals surface area contributed by atoms with E-state index in [0.717, 1.165) is 12.2 Å². The molecule has 1 aliphatic rings. The summed E-state index contributed by atoms with van der Waals surface area (Å²) in [6.07, 6.45) is -0.617. The smallest absolute Gasteiger partial charge is 0.125 e. The van der Waals surface area contributed by atoms with E-state index >= 15 is 0 Å². The van der Waals surface area contributed by atoms with Crippen LogP contribution in [0.1, 0.15) is 5.56 Å². The Kier molecular flexibility index (Phi) is 2.19. The summed E-state index contributed by atoms with van der Waals surface area (Å²) in [6, 6.07) is 7.73. The average Bonchev–Trinajstić information content (AvgIpc) is 2.06. The zero-order chi connectivity index (χ0) is 9.26. The van der Waals surface area contributed by atoms with Gasteiger partial charge in [0.2, 0.25) is 0 Å². The molecule has 13 heavy (non-hydrogen) atoms. The molecule has 1 aromatic carbocycles. The van der Waals surface area contributed by atoms with Crippen LogP contribution in [0.5, 0.6) is 0 Å². The summed E-state index contributed by atoms with van der Waals surface area (Å²) >= 11 is 0. The monoisotopic (exact) mass is 180 g/mol. The Hall–Kier alpha value is -1.09. The minimum atomic E-state index is -0.617. The Morgan fingerprint density at radius 3 is 2.46 bits per heavy atom. The quantitative estimate of drug-likeness (QED) is 0.697. The molecule has 0 radical (unpaired) electrons. The van der Waals surface area contributed by atoms with Crippen LogP contribution in [0.3, 0.4) is 0 Å². The Labute approximate surface area is 77.2 Å². The second-order valence-corrected chi connectivity index (χ2v) is 3.53. The second-order valence-electron chi connectivity index (χ2n) is 3.53. The first-order valence-electron chi connectivity index (χ1n) is 4.45. The van der Waals surface area contributed by atoms with Gasteiger partial charge in [-0.15, -0.1) is 0 Å². The van der Waals surface area contributed by atoms with E-state index in [9.17, 15) is 4.39 Å². The largest absolute Gasteiger partial charge is 0.399 e. The highest BCUT2D eigenvalue weighted by Crippen LogP contribution is 2.15. The van der Waals surface area contributed by atoms with Gasteiger partial charge in [-0.25, -0.2) is 4.39 Å². The highest BCUT2D eigenvalue weighted by atomic mass is 19.1. The van der Waals surface area contributed by atoms with Crippen molar-refractivity contribution >= 4 is 5.69 Å². The molecule has 0 amide bonds. The summed E-state index contributed by atoms with van der Waals surface area (Å²) in [5.41, 5.74) is 7.52. The molecular formula is C10H13FN2. The van der Waals surface area contributed by atoms with Gasteiger partial charge in [0.25, 0.3) is 0 Å². The van der Waals surface area contributed by atoms with Crippen molar-refractivity contribution in [3.63, 3.8) is 0 Å². The SMILES string of the molecule is Nc1ccc(CN2CC(F)C2)cc1. The van der Waals surface area contributed by atoms with Crippen LogP contribution in [-0.4, -0.2) is 24.2 Å². The topological polar surface area (TPSA) is 29.3 Å². The molecule has 0 unspecified atom stereocenters. The standard InChI is InChI=1S/C10H13FN2/c11-9-6-13(7-9)5-8-1-3-10(12)4-2-8/h1-4,9H,5-7,12H2. The van der Waals surface area contributed by atoms with Gasteiger partial charge in [0.05, 0.1) is 0 Å². The van der Waals surface area contributed by atoms with Crippen LogP contribution < -0.4 is 5.73 Å². The Bertz CT molecular complexity index is 277. The van der Waals surface area contributed by atoms with Gasteiger partial charge in [0.15, 0.2) is 0 Å². The van der Waals surface area contributed by atoms with Crippen LogP contribution in [0.4, 0.5) is 10.1 Å². The Balaban J connectivity index is 1.91. The molecule has 1 heterocycles. The van der Waals surface area contributed by atoms with Gasteiger partial charge in [0, 0.05) is 25.3 Å². The van der Waals surface area contributed by atoms with E-state index in [0.29, 0.717) is 13.1 Å². The predicted molar refractivity (Wildman–Crippen MR) is 51.0 cm³/mol. The molecule has 2 rings (SSSR count). The second kappa shape index (κ2) is 3.34. The van der Waals surface area contributed by atoms with Gasteiger partial charge in [-0.3, -0.25) is 4.90 Å². The molecule has 0 aliphatic carbocycles. The summed E-state index contributed by atoms with van der Waals surface area (Å²) in [4.78, 5) is 2.08. The molecule has 0 saturated carbocycles. The van der Waals surface area contributed by atoms with Crippen LogP contribution in [0.25, 0.3) is 0 Å². The molecule has 0 atom stereocenters. The van der Waals surface area contributed by atoms with E-state index < -0.39 is 6.17 Å². The van der Waals surface area contributed by atoms with Gasteiger partial charge in [-0.1, -0.05) is 12.1 Å². The van der Waals surface area contributed by atoms with Gasteiger partial charge in [0.1, 0.15) is 6.17 Å². The molecule has 2 N–H and O–H groups in total. The number of hydrogen-bond acceptors (Lipinski definition) is 2. The van der Waals surface area contributed by atoms with E-state index in [1.165, 1.54) is 5.56 Å². The number of benzene rings is 1. The summed E-state index contributed by atoms with van der Waals surface area (Å²) in [6.45, 7) is 1.98. The first-order valence-corrected chi connectivity index (χ1v) is 4.45. The number of halogens is 1. The molecule has 0 spiro atoms. The third-order valence-electron chi connectivity index (χ3n) is 2.30. The third kappa shape index (κ3) is 1.98. The molecule has 1 fully saturated rings. The molecule has 70 valence electrons. The maximum absolute atomic E-state index is 12.5. The molecule has 2 nitrogen and oxygen atoms in total. The third-order valence-corrected chi connectivity index (χ3v) is 2.30. The van der Waals surface area contributed by atoms with Crippen LogP contribution in [-0.2, 0) is 6.54 Å². The van der Waals surface area contributed by atoms with E-state index in [1.54, 1.807) is 0 Å². The summed E-state index contributed by atoms with van der Waals surface area (Å²) < 4.78 is 12.5. The number of rotatable bonds is 2. The lowest BCUT2D eigenvalue weighted by molar-refractivity contribution is 0.0591. The number of anilines is 1. The highest BCUT2D eigenvalue weighted by Gasteiger charge is 2.25. The van der Waals surface area contributed by atoms with Crippen molar-refractivity contribution in [1.29, 1.82) is 0 Å². The Morgan fingerprint density at radius 1 is 1.31 bits per heavy atom. The van der Waals surface area contributed by atoms with Crippen molar-refractivity contribution in [1.82, 2.24) is 4.90 Å². The van der Waals surface area contributed by atoms with Crippen LogP contribution in [0.15, 0.2) is 24.3 Å². The number of nitrogens with zero attached hydrogens (tertiary/aromatic N) is 1. The fourth-order valence-corrected chi connectivity index (χ4v) is 1.52. The van der Waals surface area contributed by atoms with Crippen molar-refractivity contribution in [3.8, 4) is 0 Å². The highest BCUT2D eigenvalue weighted by molar-refractivity contribution is 5.39. The van der Waals surface area contributed by atoms with Gasteiger partial charge in [-0.2, -0.15) is 0 Å². The first kappa shape index (κ1) is 8.51. The van der Waals surface area contributed by atoms with Crippen molar-refractivity contribution in [2.45, 2.75) is 12.7 Å². The van der Waals surface area contributed by atoms with E-state index in [-0.39, 0.29) is 0 Å². The number of hydrogen-bond donors (Lipinski definition) is 1. The zero-order valence-corrected chi connectivity index (χ0v) is 7.41. The first-order chi connectivity index (χ1) is 6.24. The zero-order valence-electron chi connectivity index (χ0n) is 7.41. The normalized spacial score (nSPS) is 18.5. The number of likely N-dealkylation sites (tertiary alicyclic amines) is 1. The van der Waals surface area contributed by atoms with Crippen LogP contribution in [0.2, 0.25) is 0 Å². The molecular weight excluding hydrogens is 167 g/mol. The van der Waals surface area contributed by atoms with Crippen molar-refractivity contribution in [2.24, 2.45) is 0 Å². The summed E-state index contributed by atoms with van der Waals surface area (Å²) in [7, 11) is 0. The van der Waals surface area contributed by atoms with Gasteiger partial charge in [-0.05, 0) is 17.7 Å². The van der Waals surface area contributed by atoms with Gasteiger partial charge >= 0.3 is 0 Å². The minimum absolute atomic E-state index is 0.574. The predicted octanol–water partition coefficient (Wildman–Crippen LogP) is 1.42. The lowest BCUT2D eigenvalue weighted by Crippen LogP contribution is -2.47. The minimum Gasteiger partial charge on any atom is -0.399 e. The molecule has 1 aromatic rings. The lowest BCUT2D eigenvalue weighted by Gasteiger charge is -2.34. The molecule has 1 aliphatic heterocycles. The van der Waals surface area contributed by atoms with Crippen LogP contribution in [0, 0.1) is 0 Å². The fourth-order valence-electron chi connectivity index (χ4n) is 1.52. The number of nitrogen functional groups attached to an aromatic ring is 1. The van der Waals surface area contributed by atoms with E-state index in [4.69, 9.17) is 5.73 Å². The molecule has 3 heteroatoms. The number of alkyl halides is 1. The fraction of sp³-hybridized carbons (Fsp3) is 0.400. The van der Waals surface area contributed by atoms with Crippen molar-refractivity contribution in [3.05, 3.63) is 29.8 Å². The average molecular weight is 180 g/mol. The van der Waals surface area contributed by atoms with Crippen molar-refractivity contribution < 1.29 is 4.39 Å².